The molecule has 0 bridgehead atoms. The first-order chi connectivity index (χ1) is 21.3. The molecular formula is C40H24N2O. The Bertz CT molecular complexity index is 2500. The van der Waals surface area contributed by atoms with Gasteiger partial charge >= 0.3 is 0 Å². The summed E-state index contributed by atoms with van der Waals surface area (Å²) in [5, 5.41) is 6.85. The molecule has 200 valence electrons. The van der Waals surface area contributed by atoms with Gasteiger partial charge in [0.1, 0.15) is 11.2 Å². The third kappa shape index (κ3) is 3.90. The van der Waals surface area contributed by atoms with Gasteiger partial charge in [-0.05, 0) is 52.2 Å². The van der Waals surface area contributed by atoms with Crippen LogP contribution in [-0.4, -0.2) is 9.97 Å². The number of hydrogen-bond acceptors (Lipinski definition) is 3. The molecule has 9 rings (SSSR count). The lowest BCUT2D eigenvalue weighted by Gasteiger charge is -2.10. The van der Waals surface area contributed by atoms with Gasteiger partial charge < -0.3 is 4.42 Å². The average Bonchev–Trinajstić information content (AvgIpc) is 3.45. The molecule has 0 aliphatic carbocycles. The Morgan fingerprint density at radius 2 is 0.977 bits per heavy atom. The first kappa shape index (κ1) is 23.9. The number of fused-ring (bicyclic) bond motifs is 7. The van der Waals surface area contributed by atoms with Crippen LogP contribution in [0.1, 0.15) is 0 Å². The van der Waals surface area contributed by atoms with E-state index in [0.29, 0.717) is 0 Å². The molecule has 43 heavy (non-hydrogen) atoms. The molecule has 3 heteroatoms. The predicted octanol–water partition coefficient (Wildman–Crippen LogP) is 10.8. The number of rotatable bonds is 3. The van der Waals surface area contributed by atoms with Crippen LogP contribution >= 0.6 is 0 Å². The fraction of sp³-hybridized carbons (Fsp3) is 0. The van der Waals surface area contributed by atoms with Crippen molar-refractivity contribution in [1.29, 1.82) is 0 Å². The zero-order valence-electron chi connectivity index (χ0n) is 23.2. The number of furan rings is 1. The molecule has 3 nitrogen and oxygen atoms in total. The summed E-state index contributed by atoms with van der Waals surface area (Å²) < 4.78 is 6.02. The third-order valence-corrected chi connectivity index (χ3v) is 8.48. The molecule has 0 saturated carbocycles. The monoisotopic (exact) mass is 548 g/mol. The maximum Gasteiger partial charge on any atom is 0.135 e. The van der Waals surface area contributed by atoms with Crippen molar-refractivity contribution < 1.29 is 4.42 Å². The fourth-order valence-corrected chi connectivity index (χ4v) is 6.27. The molecular weight excluding hydrogens is 524 g/mol. The summed E-state index contributed by atoms with van der Waals surface area (Å²) >= 11 is 0. The predicted molar refractivity (Wildman–Crippen MR) is 178 cm³/mol. The van der Waals surface area contributed by atoms with Gasteiger partial charge in [-0.3, -0.25) is 0 Å². The van der Waals surface area contributed by atoms with Gasteiger partial charge in [0.05, 0.1) is 22.4 Å². The molecule has 3 heterocycles. The van der Waals surface area contributed by atoms with Crippen molar-refractivity contribution >= 4 is 54.5 Å². The van der Waals surface area contributed by atoms with Crippen molar-refractivity contribution in [2.24, 2.45) is 0 Å². The highest BCUT2D eigenvalue weighted by atomic mass is 16.3. The largest absolute Gasteiger partial charge is 0.456 e. The minimum absolute atomic E-state index is 0.909. The van der Waals surface area contributed by atoms with E-state index in [4.69, 9.17) is 14.4 Å². The summed E-state index contributed by atoms with van der Waals surface area (Å²) in [6.07, 6.45) is 0. The molecule has 0 saturated heterocycles. The third-order valence-electron chi connectivity index (χ3n) is 8.48. The minimum atomic E-state index is 0.909. The molecule has 0 atom stereocenters. The molecule has 0 aliphatic rings. The zero-order chi connectivity index (χ0) is 28.3. The molecule has 0 fully saturated rings. The van der Waals surface area contributed by atoms with Crippen LogP contribution in [0.15, 0.2) is 150 Å². The van der Waals surface area contributed by atoms with Gasteiger partial charge in [0, 0.05) is 32.7 Å². The first-order valence-electron chi connectivity index (χ1n) is 14.5. The van der Waals surface area contributed by atoms with Crippen molar-refractivity contribution in [3.63, 3.8) is 0 Å². The second-order valence-electron chi connectivity index (χ2n) is 11.0. The number of benzene rings is 6. The van der Waals surface area contributed by atoms with Crippen LogP contribution in [0.5, 0.6) is 0 Å². The topological polar surface area (TPSA) is 38.9 Å². The normalized spacial score (nSPS) is 11.7. The van der Waals surface area contributed by atoms with E-state index in [1.54, 1.807) is 0 Å². The molecule has 0 aliphatic heterocycles. The van der Waals surface area contributed by atoms with Crippen molar-refractivity contribution in [2.45, 2.75) is 0 Å². The Hall–Kier alpha value is -5.80. The van der Waals surface area contributed by atoms with E-state index in [2.05, 4.69) is 133 Å². The van der Waals surface area contributed by atoms with E-state index >= 15 is 0 Å². The molecule has 0 N–H and O–H groups in total. The lowest BCUT2D eigenvalue weighted by atomic mass is 10.00. The lowest BCUT2D eigenvalue weighted by Crippen LogP contribution is -1.91. The summed E-state index contributed by atoms with van der Waals surface area (Å²) in [6, 6.07) is 50.9. The highest BCUT2D eigenvalue weighted by Crippen LogP contribution is 2.34. The molecule has 0 spiro atoms. The lowest BCUT2D eigenvalue weighted by molar-refractivity contribution is 0.669. The van der Waals surface area contributed by atoms with E-state index in [0.717, 1.165) is 77.4 Å². The summed E-state index contributed by atoms with van der Waals surface area (Å²) in [7, 11) is 0. The van der Waals surface area contributed by atoms with E-state index in [9.17, 15) is 0 Å². The highest BCUT2D eigenvalue weighted by Gasteiger charge is 2.12. The Kier molecular flexibility index (Phi) is 5.20. The van der Waals surface area contributed by atoms with Crippen LogP contribution < -0.4 is 0 Å². The van der Waals surface area contributed by atoms with Gasteiger partial charge in [0.25, 0.3) is 0 Å². The standard InChI is InChI=1S/C40H24N2O/c1-2-8-31-26(6-1)7-5-10-32(31)36-22-19-29-17-16-28-18-21-35(41-39(28)40(29)42-36)27-14-12-25(13-15-27)30-20-23-38-34(24-30)33-9-3-4-11-37(33)43-38/h1-24H. The SMILES string of the molecule is c1ccc2c(-c3ccc4ccc5ccc(-c6ccc(-c7ccc8oc9ccccc9c8c7)cc6)nc5c4n3)cccc2c1. The summed E-state index contributed by atoms with van der Waals surface area (Å²) in [5.74, 6) is 0. The summed E-state index contributed by atoms with van der Waals surface area (Å²) in [5.41, 5.74) is 10.1. The van der Waals surface area contributed by atoms with Crippen molar-refractivity contribution in [1.82, 2.24) is 9.97 Å². The van der Waals surface area contributed by atoms with E-state index in [-0.39, 0.29) is 0 Å². The maximum atomic E-state index is 6.02. The van der Waals surface area contributed by atoms with Gasteiger partial charge in [-0.1, -0.05) is 115 Å². The number of hydrogen-bond donors (Lipinski definition) is 0. The Labute approximate surface area is 247 Å². The second kappa shape index (κ2) is 9.37. The molecule has 0 radical (unpaired) electrons. The number of pyridine rings is 2. The van der Waals surface area contributed by atoms with E-state index in [1.807, 2.05) is 12.1 Å². The minimum Gasteiger partial charge on any atom is -0.456 e. The molecule has 3 aromatic heterocycles. The Balaban J connectivity index is 1.12. The zero-order valence-corrected chi connectivity index (χ0v) is 23.2. The summed E-state index contributed by atoms with van der Waals surface area (Å²) in [4.78, 5) is 10.4. The van der Waals surface area contributed by atoms with Gasteiger partial charge in [-0.15, -0.1) is 0 Å². The first-order valence-corrected chi connectivity index (χ1v) is 14.5. The van der Waals surface area contributed by atoms with Crippen molar-refractivity contribution in [2.75, 3.05) is 0 Å². The summed E-state index contributed by atoms with van der Waals surface area (Å²) in [6.45, 7) is 0. The smallest absolute Gasteiger partial charge is 0.135 e. The fourth-order valence-electron chi connectivity index (χ4n) is 6.27. The second-order valence-corrected chi connectivity index (χ2v) is 11.0. The van der Waals surface area contributed by atoms with Gasteiger partial charge in [0.15, 0.2) is 0 Å². The van der Waals surface area contributed by atoms with Crippen molar-refractivity contribution in [3.05, 3.63) is 146 Å². The van der Waals surface area contributed by atoms with Crippen LogP contribution in [-0.2, 0) is 0 Å². The van der Waals surface area contributed by atoms with Gasteiger partial charge in [-0.2, -0.15) is 0 Å². The van der Waals surface area contributed by atoms with Crippen LogP contribution in [0, 0.1) is 0 Å². The number of nitrogens with zero attached hydrogens (tertiary/aromatic N) is 2. The van der Waals surface area contributed by atoms with Crippen LogP contribution in [0.4, 0.5) is 0 Å². The maximum absolute atomic E-state index is 6.02. The van der Waals surface area contributed by atoms with Crippen LogP contribution in [0.25, 0.3) is 88.2 Å². The molecule has 0 amide bonds. The molecule has 6 aromatic carbocycles. The number of para-hydroxylation sites is 1. The molecule has 0 unspecified atom stereocenters. The molecule has 9 aromatic rings. The Morgan fingerprint density at radius 3 is 1.81 bits per heavy atom. The van der Waals surface area contributed by atoms with Crippen LogP contribution in [0.3, 0.4) is 0 Å². The Morgan fingerprint density at radius 1 is 0.372 bits per heavy atom. The van der Waals surface area contributed by atoms with Gasteiger partial charge in [0.2, 0.25) is 0 Å². The van der Waals surface area contributed by atoms with E-state index in [1.165, 1.54) is 10.8 Å². The highest BCUT2D eigenvalue weighted by molar-refractivity contribution is 6.07. The van der Waals surface area contributed by atoms with Crippen molar-refractivity contribution in [3.8, 4) is 33.6 Å². The van der Waals surface area contributed by atoms with Crippen LogP contribution in [0.2, 0.25) is 0 Å². The average molecular weight is 549 g/mol. The van der Waals surface area contributed by atoms with Gasteiger partial charge in [-0.25, -0.2) is 9.97 Å². The quantitative estimate of drug-likeness (QED) is 0.206. The van der Waals surface area contributed by atoms with E-state index < -0.39 is 0 Å². The number of aromatic nitrogens is 2.